The molecule has 0 unspecified atom stereocenters. The second-order valence-corrected chi connectivity index (χ2v) is 8.12. The van der Waals surface area contributed by atoms with Gasteiger partial charge in [-0.25, -0.2) is 4.98 Å². The number of nitrogens with one attached hydrogen (secondary N) is 2. The van der Waals surface area contributed by atoms with Crippen molar-refractivity contribution in [1.29, 1.82) is 0 Å². The molecule has 0 aliphatic carbocycles. The van der Waals surface area contributed by atoms with Crippen LogP contribution in [0.25, 0.3) is 10.9 Å². The van der Waals surface area contributed by atoms with Gasteiger partial charge in [-0.3, -0.25) is 14.9 Å². The maximum Gasteiger partial charge on any atom is 0.258 e. The van der Waals surface area contributed by atoms with E-state index >= 15 is 0 Å². The predicted molar refractivity (Wildman–Crippen MR) is 116 cm³/mol. The molecule has 2 aromatic heterocycles. The summed E-state index contributed by atoms with van der Waals surface area (Å²) in [6.45, 7) is 3.82. The number of fused-ring (bicyclic) bond motifs is 1. The number of amides is 1. The fourth-order valence-electron chi connectivity index (χ4n) is 2.89. The van der Waals surface area contributed by atoms with E-state index in [1.54, 1.807) is 30.5 Å². The number of nitrogens with zero attached hydrogens (tertiary/aromatic N) is 3. The maximum atomic E-state index is 12.8. The van der Waals surface area contributed by atoms with Crippen molar-refractivity contribution in [2.75, 3.05) is 5.32 Å². The number of aromatic nitrogens is 4. The molecule has 2 aromatic carbocycles. The Morgan fingerprint density at radius 1 is 1.10 bits per heavy atom. The molecule has 2 heterocycles. The number of aromatic amines is 1. The van der Waals surface area contributed by atoms with Crippen LogP contribution in [0.5, 0.6) is 0 Å². The second-order valence-electron chi connectivity index (χ2n) is 6.33. The number of rotatable bonds is 4. The zero-order valence-corrected chi connectivity index (χ0v) is 17.8. The van der Waals surface area contributed by atoms with Gasteiger partial charge in [-0.1, -0.05) is 41.4 Å². The zero-order chi connectivity index (χ0) is 20.5. The molecule has 0 saturated carbocycles. The molecular formula is C20H15Cl2N5OS. The van der Waals surface area contributed by atoms with Crippen LogP contribution < -0.4 is 5.32 Å². The number of para-hydroxylation sites is 1. The highest BCUT2D eigenvalue weighted by Gasteiger charge is 2.18. The molecule has 0 aliphatic rings. The molecule has 0 fully saturated rings. The monoisotopic (exact) mass is 443 g/mol. The molecule has 6 nitrogen and oxygen atoms in total. The molecule has 4 rings (SSSR count). The lowest BCUT2D eigenvalue weighted by Gasteiger charge is -2.13. The summed E-state index contributed by atoms with van der Waals surface area (Å²) in [4.78, 5) is 22.7. The summed E-state index contributed by atoms with van der Waals surface area (Å²) in [5, 5.41) is 12.0. The lowest BCUT2D eigenvalue weighted by Crippen LogP contribution is -2.13. The van der Waals surface area contributed by atoms with E-state index in [0.717, 1.165) is 21.7 Å². The molecule has 0 saturated heterocycles. The maximum absolute atomic E-state index is 12.8. The number of hydrogen-bond acceptors (Lipinski definition) is 5. The molecule has 146 valence electrons. The van der Waals surface area contributed by atoms with Gasteiger partial charge in [0.15, 0.2) is 0 Å². The first-order valence-corrected chi connectivity index (χ1v) is 10.2. The summed E-state index contributed by atoms with van der Waals surface area (Å²) in [5.74, 6) is 0.349. The highest BCUT2D eigenvalue weighted by Crippen LogP contribution is 2.36. The van der Waals surface area contributed by atoms with E-state index < -0.39 is 5.91 Å². The number of carbonyl (C=O) groups is 1. The van der Waals surface area contributed by atoms with Crippen LogP contribution in [-0.4, -0.2) is 26.1 Å². The topological polar surface area (TPSA) is 83.6 Å². The normalized spacial score (nSPS) is 11.0. The first kappa shape index (κ1) is 19.7. The van der Waals surface area contributed by atoms with Crippen LogP contribution in [0.4, 0.5) is 5.69 Å². The molecule has 0 bridgehead atoms. The third-order valence-corrected chi connectivity index (χ3v) is 5.98. The summed E-state index contributed by atoms with van der Waals surface area (Å²) in [5.41, 5.74) is 2.44. The largest absolute Gasteiger partial charge is 0.320 e. The minimum atomic E-state index is -0.394. The highest BCUT2D eigenvalue weighted by molar-refractivity contribution is 7.99. The summed E-state index contributed by atoms with van der Waals surface area (Å²) in [7, 11) is 0. The molecule has 1 amide bonds. The van der Waals surface area contributed by atoms with Gasteiger partial charge < -0.3 is 5.32 Å². The second kappa shape index (κ2) is 8.02. The fourth-order valence-corrected chi connectivity index (χ4v) is 4.41. The van der Waals surface area contributed by atoms with Crippen molar-refractivity contribution in [1.82, 2.24) is 20.2 Å². The van der Waals surface area contributed by atoms with Crippen molar-refractivity contribution in [3.8, 4) is 0 Å². The number of pyridine rings is 1. The van der Waals surface area contributed by atoms with Gasteiger partial charge in [0.05, 0.1) is 26.8 Å². The van der Waals surface area contributed by atoms with E-state index in [9.17, 15) is 4.79 Å². The molecule has 0 atom stereocenters. The van der Waals surface area contributed by atoms with Crippen molar-refractivity contribution < 1.29 is 4.79 Å². The number of carbonyl (C=O) groups excluding carboxylic acids is 1. The first-order valence-electron chi connectivity index (χ1n) is 8.64. The minimum Gasteiger partial charge on any atom is -0.320 e. The van der Waals surface area contributed by atoms with Gasteiger partial charge in [0.25, 0.3) is 5.91 Å². The van der Waals surface area contributed by atoms with Crippen molar-refractivity contribution in [2.45, 2.75) is 23.9 Å². The summed E-state index contributed by atoms with van der Waals surface area (Å²) >= 11 is 13.8. The molecule has 4 aromatic rings. The molecule has 0 spiro atoms. The average Bonchev–Trinajstić information content (AvgIpc) is 3.09. The van der Waals surface area contributed by atoms with Crippen molar-refractivity contribution >= 4 is 57.5 Å². The molecular weight excluding hydrogens is 429 g/mol. The van der Waals surface area contributed by atoms with Gasteiger partial charge in [-0.05, 0) is 49.4 Å². The Morgan fingerprint density at radius 3 is 2.52 bits per heavy atom. The molecule has 9 heteroatoms. The molecule has 0 radical (unpaired) electrons. The van der Waals surface area contributed by atoms with Gasteiger partial charge in [-0.2, -0.15) is 0 Å². The van der Waals surface area contributed by atoms with Gasteiger partial charge in [0.1, 0.15) is 5.82 Å². The van der Waals surface area contributed by atoms with Gasteiger partial charge in [-0.15, -0.1) is 5.10 Å². The van der Waals surface area contributed by atoms with Gasteiger partial charge >= 0.3 is 0 Å². The third-order valence-electron chi connectivity index (χ3n) is 4.23. The quantitative estimate of drug-likeness (QED) is 0.423. The number of benzene rings is 2. The Bertz CT molecular complexity index is 1220. The van der Waals surface area contributed by atoms with Crippen LogP contribution in [0.3, 0.4) is 0 Å². The molecule has 29 heavy (non-hydrogen) atoms. The number of H-pyrrole nitrogens is 1. The highest BCUT2D eigenvalue weighted by atomic mass is 35.5. The van der Waals surface area contributed by atoms with E-state index in [4.69, 9.17) is 23.2 Å². The number of aryl methyl sites for hydroxylation is 2. The SMILES string of the molecule is Cc1nc(Sc2c(C)cnc3c(NC(=O)c4c(Cl)cccc4Cl)cccc23)n[nH]1. The van der Waals surface area contributed by atoms with Crippen molar-refractivity contribution in [2.24, 2.45) is 0 Å². The summed E-state index contributed by atoms with van der Waals surface area (Å²) in [6, 6.07) is 10.5. The van der Waals surface area contributed by atoms with Gasteiger partial charge in [0, 0.05) is 16.5 Å². The van der Waals surface area contributed by atoms with E-state index in [2.05, 4.69) is 25.5 Å². The minimum absolute atomic E-state index is 0.228. The fraction of sp³-hybridized carbons (Fsp3) is 0.100. The van der Waals surface area contributed by atoms with Gasteiger partial charge in [0.2, 0.25) is 5.16 Å². The van der Waals surface area contributed by atoms with Crippen LogP contribution in [0.15, 0.2) is 52.6 Å². The zero-order valence-electron chi connectivity index (χ0n) is 15.5. The Hall–Kier alpha value is -2.61. The van der Waals surface area contributed by atoms with E-state index in [0.29, 0.717) is 16.4 Å². The number of anilines is 1. The summed E-state index contributed by atoms with van der Waals surface area (Å²) in [6.07, 6.45) is 1.77. The standard InChI is InChI=1S/C20H15Cl2N5OS/c1-10-9-23-17-12(18(10)29-20-24-11(2)26-27-20)5-3-8-15(17)25-19(28)16-13(21)6-4-7-14(16)22/h3-9H,1-2H3,(H,25,28)(H,24,26,27). The number of halogens is 2. The van der Waals surface area contributed by atoms with Crippen LogP contribution in [0.1, 0.15) is 21.7 Å². The Balaban J connectivity index is 1.75. The Kier molecular flexibility index (Phi) is 5.45. The van der Waals surface area contributed by atoms with E-state index in [-0.39, 0.29) is 15.6 Å². The van der Waals surface area contributed by atoms with Crippen LogP contribution >= 0.6 is 35.0 Å². The van der Waals surface area contributed by atoms with Crippen LogP contribution in [0, 0.1) is 13.8 Å². The van der Waals surface area contributed by atoms with E-state index in [1.165, 1.54) is 11.8 Å². The van der Waals surface area contributed by atoms with Crippen molar-refractivity contribution in [3.63, 3.8) is 0 Å². The lowest BCUT2D eigenvalue weighted by atomic mass is 10.1. The molecule has 2 N–H and O–H groups in total. The predicted octanol–water partition coefficient (Wildman–Crippen LogP) is 5.68. The van der Waals surface area contributed by atoms with E-state index in [1.807, 2.05) is 26.0 Å². The lowest BCUT2D eigenvalue weighted by molar-refractivity contribution is 0.102. The third kappa shape index (κ3) is 3.94. The average molecular weight is 444 g/mol. The van der Waals surface area contributed by atoms with Crippen molar-refractivity contribution in [3.05, 3.63) is 69.6 Å². The smallest absolute Gasteiger partial charge is 0.258 e. The van der Waals surface area contributed by atoms with Crippen LogP contribution in [0.2, 0.25) is 10.0 Å². The molecule has 0 aliphatic heterocycles. The Morgan fingerprint density at radius 2 is 1.83 bits per heavy atom. The summed E-state index contributed by atoms with van der Waals surface area (Å²) < 4.78 is 0. The van der Waals surface area contributed by atoms with Crippen LogP contribution in [-0.2, 0) is 0 Å². The number of hydrogen-bond donors (Lipinski definition) is 2. The Labute approximate surface area is 181 Å². The first-order chi connectivity index (χ1) is 13.9.